The number of benzene rings is 1. The summed E-state index contributed by atoms with van der Waals surface area (Å²) in [6.45, 7) is 1.05. The summed E-state index contributed by atoms with van der Waals surface area (Å²) in [6, 6.07) is 3.59. The van der Waals surface area contributed by atoms with Crippen molar-refractivity contribution in [2.45, 2.75) is 25.4 Å². The van der Waals surface area contributed by atoms with Crippen LogP contribution in [0.2, 0.25) is 0 Å². The normalized spacial score (nSPS) is 13.3. The quantitative estimate of drug-likeness (QED) is 0.611. The number of carboxylic acid groups (broad SMARTS) is 1. The number of urea groups is 1. The van der Waals surface area contributed by atoms with Gasteiger partial charge in [0, 0.05) is 6.04 Å². The maximum absolute atomic E-state index is 12.7. The molecule has 1 aromatic carbocycles. The van der Waals surface area contributed by atoms with Crippen LogP contribution in [0.5, 0.6) is 0 Å². The van der Waals surface area contributed by atoms with E-state index in [1.165, 1.54) is 12.1 Å². The predicted molar refractivity (Wildman–Crippen MR) is 69.7 cm³/mol. The van der Waals surface area contributed by atoms with Crippen molar-refractivity contribution in [3.8, 4) is 0 Å². The molecule has 2 amide bonds. The fourth-order valence-corrected chi connectivity index (χ4v) is 1.63. The van der Waals surface area contributed by atoms with Gasteiger partial charge in [-0.1, -0.05) is 12.1 Å². The summed E-state index contributed by atoms with van der Waals surface area (Å²) in [6.07, 6.45) is 0.477. The Labute approximate surface area is 115 Å². The second kappa shape index (κ2) is 7.44. The number of hydrogen-bond donors (Lipinski definition) is 4. The number of amides is 2. The molecule has 0 aliphatic rings. The van der Waals surface area contributed by atoms with Gasteiger partial charge in [-0.05, 0) is 31.0 Å². The van der Waals surface area contributed by atoms with E-state index in [9.17, 15) is 14.0 Å². The van der Waals surface area contributed by atoms with Crippen LogP contribution in [0.15, 0.2) is 24.3 Å². The summed E-state index contributed by atoms with van der Waals surface area (Å²) in [4.78, 5) is 22.2. The van der Waals surface area contributed by atoms with E-state index in [0.29, 0.717) is 6.42 Å². The van der Waals surface area contributed by atoms with E-state index in [0.717, 1.165) is 5.56 Å². The van der Waals surface area contributed by atoms with Crippen LogP contribution in [0.3, 0.4) is 0 Å². The van der Waals surface area contributed by atoms with Gasteiger partial charge in [-0.3, -0.25) is 0 Å². The maximum atomic E-state index is 12.7. The van der Waals surface area contributed by atoms with Crippen LogP contribution in [0.4, 0.5) is 9.18 Å². The smallest absolute Gasteiger partial charge is 0.328 e. The number of carbonyl (C=O) groups is 2. The second-order valence-electron chi connectivity index (χ2n) is 4.42. The van der Waals surface area contributed by atoms with Gasteiger partial charge < -0.3 is 20.8 Å². The third-order valence-corrected chi connectivity index (χ3v) is 2.62. The Hall–Kier alpha value is -2.15. The molecule has 1 rings (SSSR count). The summed E-state index contributed by atoms with van der Waals surface area (Å²) in [5.74, 6) is -1.65. The fraction of sp³-hybridized carbons (Fsp3) is 0.385. The number of rotatable bonds is 6. The molecule has 7 heteroatoms. The first-order chi connectivity index (χ1) is 9.42. The zero-order valence-electron chi connectivity index (χ0n) is 11.0. The first-order valence-corrected chi connectivity index (χ1v) is 6.07. The molecule has 0 aromatic heterocycles. The van der Waals surface area contributed by atoms with Gasteiger partial charge in [-0.2, -0.15) is 0 Å². The first-order valence-electron chi connectivity index (χ1n) is 6.07. The second-order valence-corrected chi connectivity index (χ2v) is 4.42. The summed E-state index contributed by atoms with van der Waals surface area (Å²) < 4.78 is 12.7. The molecule has 1 unspecified atom stereocenters. The number of aliphatic carboxylic acids is 1. The van der Waals surface area contributed by atoms with Crippen LogP contribution >= 0.6 is 0 Å². The first kappa shape index (κ1) is 15.9. The molecule has 0 heterocycles. The number of carbonyl (C=O) groups excluding carboxylic acids is 1. The SMILES string of the molecule is CC(Cc1ccc(F)cc1)NC(=O)N[C@@H](CO)C(=O)O. The number of aliphatic hydroxyl groups is 1. The zero-order chi connectivity index (χ0) is 15.1. The molecule has 20 heavy (non-hydrogen) atoms. The molecule has 0 saturated heterocycles. The van der Waals surface area contributed by atoms with Crippen LogP contribution in [-0.2, 0) is 11.2 Å². The average molecular weight is 284 g/mol. The molecular formula is C13H17FN2O4. The highest BCUT2D eigenvalue weighted by molar-refractivity contribution is 5.82. The minimum Gasteiger partial charge on any atom is -0.480 e. The van der Waals surface area contributed by atoms with Gasteiger partial charge >= 0.3 is 12.0 Å². The van der Waals surface area contributed by atoms with Gasteiger partial charge in [0.05, 0.1) is 6.61 Å². The van der Waals surface area contributed by atoms with Crippen LogP contribution in [0, 0.1) is 5.82 Å². The molecule has 0 aliphatic carbocycles. The Balaban J connectivity index is 2.45. The van der Waals surface area contributed by atoms with Crippen molar-refractivity contribution < 1.29 is 24.2 Å². The van der Waals surface area contributed by atoms with E-state index in [1.807, 2.05) is 0 Å². The monoisotopic (exact) mass is 284 g/mol. The topological polar surface area (TPSA) is 98.7 Å². The molecule has 0 saturated carbocycles. The molecule has 0 fully saturated rings. The highest BCUT2D eigenvalue weighted by atomic mass is 19.1. The van der Waals surface area contributed by atoms with Crippen molar-refractivity contribution in [1.29, 1.82) is 0 Å². The summed E-state index contributed by atoms with van der Waals surface area (Å²) in [7, 11) is 0. The van der Waals surface area contributed by atoms with Crippen molar-refractivity contribution in [1.82, 2.24) is 10.6 Å². The van der Waals surface area contributed by atoms with Crippen LogP contribution < -0.4 is 10.6 Å². The number of carboxylic acids is 1. The van der Waals surface area contributed by atoms with E-state index < -0.39 is 24.6 Å². The molecule has 2 atom stereocenters. The summed E-state index contributed by atoms with van der Waals surface area (Å²) in [5.41, 5.74) is 0.844. The van der Waals surface area contributed by atoms with Crippen LogP contribution in [0.25, 0.3) is 0 Å². The Morgan fingerprint density at radius 3 is 2.35 bits per heavy atom. The predicted octanol–water partition coefficient (Wildman–Crippen LogP) is 0.501. The van der Waals surface area contributed by atoms with Gasteiger partial charge in [0.15, 0.2) is 6.04 Å². The van der Waals surface area contributed by atoms with Crippen molar-refractivity contribution in [2.24, 2.45) is 0 Å². The highest BCUT2D eigenvalue weighted by Crippen LogP contribution is 2.05. The van der Waals surface area contributed by atoms with E-state index in [4.69, 9.17) is 10.2 Å². The fourth-order valence-electron chi connectivity index (χ4n) is 1.63. The van der Waals surface area contributed by atoms with E-state index in [1.54, 1.807) is 19.1 Å². The number of hydrogen-bond acceptors (Lipinski definition) is 3. The van der Waals surface area contributed by atoms with Gasteiger partial charge in [-0.15, -0.1) is 0 Å². The zero-order valence-corrected chi connectivity index (χ0v) is 11.0. The van der Waals surface area contributed by atoms with Gasteiger partial charge in [0.25, 0.3) is 0 Å². The molecule has 110 valence electrons. The lowest BCUT2D eigenvalue weighted by Crippen LogP contribution is -2.50. The molecule has 1 aromatic rings. The maximum Gasteiger partial charge on any atom is 0.328 e. The lowest BCUT2D eigenvalue weighted by Gasteiger charge is -2.17. The number of halogens is 1. The Morgan fingerprint density at radius 1 is 1.25 bits per heavy atom. The van der Waals surface area contributed by atoms with Gasteiger partial charge in [0.2, 0.25) is 0 Å². The molecule has 4 N–H and O–H groups in total. The molecule has 0 bridgehead atoms. The lowest BCUT2D eigenvalue weighted by molar-refractivity contribution is -0.140. The largest absolute Gasteiger partial charge is 0.480 e. The van der Waals surface area contributed by atoms with Gasteiger partial charge in [0.1, 0.15) is 5.82 Å². The average Bonchev–Trinajstić information content (AvgIpc) is 2.38. The summed E-state index contributed by atoms with van der Waals surface area (Å²) >= 11 is 0. The third-order valence-electron chi connectivity index (χ3n) is 2.62. The van der Waals surface area contributed by atoms with E-state index in [-0.39, 0.29) is 11.9 Å². The number of aliphatic hydroxyl groups excluding tert-OH is 1. The number of nitrogens with one attached hydrogen (secondary N) is 2. The molecule has 0 radical (unpaired) electrons. The molecule has 6 nitrogen and oxygen atoms in total. The Morgan fingerprint density at radius 2 is 1.85 bits per heavy atom. The van der Waals surface area contributed by atoms with Crippen molar-refractivity contribution in [3.05, 3.63) is 35.6 Å². The van der Waals surface area contributed by atoms with E-state index >= 15 is 0 Å². The summed E-state index contributed by atoms with van der Waals surface area (Å²) in [5, 5.41) is 22.1. The van der Waals surface area contributed by atoms with Crippen LogP contribution in [-0.4, -0.2) is 40.9 Å². The van der Waals surface area contributed by atoms with E-state index in [2.05, 4.69) is 10.6 Å². The Kier molecular flexibility index (Phi) is 5.92. The van der Waals surface area contributed by atoms with Crippen LogP contribution in [0.1, 0.15) is 12.5 Å². The molecule has 0 spiro atoms. The molecule has 0 aliphatic heterocycles. The highest BCUT2D eigenvalue weighted by Gasteiger charge is 2.19. The van der Waals surface area contributed by atoms with Crippen molar-refractivity contribution >= 4 is 12.0 Å². The van der Waals surface area contributed by atoms with Crippen molar-refractivity contribution in [2.75, 3.05) is 6.61 Å². The Bertz CT molecular complexity index is 464. The minimum absolute atomic E-state index is 0.270. The minimum atomic E-state index is -1.34. The van der Waals surface area contributed by atoms with Gasteiger partial charge in [-0.25, -0.2) is 14.0 Å². The third kappa shape index (κ3) is 5.23. The molecular weight excluding hydrogens is 267 g/mol. The standard InChI is InChI=1S/C13H17FN2O4/c1-8(6-9-2-4-10(14)5-3-9)15-13(20)16-11(7-17)12(18)19/h2-5,8,11,17H,6-7H2,1H3,(H,18,19)(H2,15,16,20)/t8?,11-/m0/s1. The van der Waals surface area contributed by atoms with Crippen molar-refractivity contribution in [3.63, 3.8) is 0 Å². The lowest BCUT2D eigenvalue weighted by atomic mass is 10.1.